The Balaban J connectivity index is 2.61. The molecule has 1 aromatic rings. The number of hydrogen-bond acceptors (Lipinski definition) is 3. The fraction of sp³-hybridized carbons (Fsp3) is 0.417. The number of nitrogens with zero attached hydrogens (tertiary/aromatic N) is 1. The first kappa shape index (κ1) is 12.1. The van der Waals surface area contributed by atoms with E-state index in [1.54, 1.807) is 11.8 Å². The third-order valence-corrected chi connectivity index (χ3v) is 3.62. The van der Waals surface area contributed by atoms with E-state index in [-0.39, 0.29) is 0 Å². The lowest BCUT2D eigenvalue weighted by molar-refractivity contribution is 0.550. The maximum Gasteiger partial charge on any atom is 0.113 e. The summed E-state index contributed by atoms with van der Waals surface area (Å²) in [5.74, 6) is 0.753. The van der Waals surface area contributed by atoms with E-state index in [4.69, 9.17) is 5.26 Å². The lowest BCUT2D eigenvalue weighted by atomic mass is 10.1. The summed E-state index contributed by atoms with van der Waals surface area (Å²) in [6.45, 7) is 3.99. The summed E-state index contributed by atoms with van der Waals surface area (Å²) in [6.07, 6.45) is 0. The lowest BCUT2D eigenvalue weighted by Gasteiger charge is -2.19. The minimum Gasteiger partial charge on any atom is -0.302 e. The van der Waals surface area contributed by atoms with Crippen LogP contribution >= 0.6 is 11.8 Å². The van der Waals surface area contributed by atoms with Crippen LogP contribution in [-0.2, 0) is 0 Å². The van der Waals surface area contributed by atoms with E-state index in [0.717, 1.165) is 5.75 Å². The second-order valence-electron chi connectivity index (χ2n) is 3.80. The van der Waals surface area contributed by atoms with Crippen molar-refractivity contribution in [2.24, 2.45) is 0 Å². The minimum absolute atomic E-state index is 0.450. The molecule has 0 saturated carbocycles. The number of nitrogens with one attached hydrogen (secondary N) is 1. The van der Waals surface area contributed by atoms with Gasteiger partial charge in [-0.15, -0.1) is 11.8 Å². The molecule has 0 aliphatic carbocycles. The van der Waals surface area contributed by atoms with Gasteiger partial charge in [-0.1, -0.05) is 17.7 Å². The first-order chi connectivity index (χ1) is 7.09. The third kappa shape index (κ3) is 3.58. The van der Waals surface area contributed by atoms with Crippen LogP contribution < -0.4 is 5.32 Å². The third-order valence-electron chi connectivity index (χ3n) is 2.32. The van der Waals surface area contributed by atoms with Crippen molar-refractivity contribution in [2.75, 3.05) is 12.8 Å². The van der Waals surface area contributed by atoms with Gasteiger partial charge in [0.05, 0.1) is 6.07 Å². The highest BCUT2D eigenvalue weighted by molar-refractivity contribution is 7.99. The van der Waals surface area contributed by atoms with E-state index >= 15 is 0 Å². The number of rotatable bonds is 4. The van der Waals surface area contributed by atoms with E-state index in [0.29, 0.717) is 0 Å². The van der Waals surface area contributed by atoms with E-state index in [2.05, 4.69) is 36.5 Å². The molecule has 0 spiro atoms. The Morgan fingerprint density at radius 3 is 2.80 bits per heavy atom. The molecule has 15 heavy (non-hydrogen) atoms. The molecular formula is C12H16N2S. The molecule has 0 heterocycles. The number of aryl methyl sites for hydroxylation is 1. The molecule has 0 aliphatic rings. The molecule has 0 amide bonds. The summed E-state index contributed by atoms with van der Waals surface area (Å²) in [5, 5.41) is 12.0. The molecule has 2 nitrogen and oxygen atoms in total. The normalized spacial score (nSPS) is 14.3. The van der Waals surface area contributed by atoms with Crippen LogP contribution in [0.15, 0.2) is 29.2 Å². The Morgan fingerprint density at radius 1 is 1.53 bits per heavy atom. The van der Waals surface area contributed by atoms with Crippen LogP contribution in [0, 0.1) is 18.3 Å². The zero-order valence-corrected chi connectivity index (χ0v) is 10.2. The van der Waals surface area contributed by atoms with Crippen molar-refractivity contribution in [3.05, 3.63) is 29.8 Å². The molecule has 0 aromatic heterocycles. The summed E-state index contributed by atoms with van der Waals surface area (Å²) in [7, 11) is 1.82. The number of nitriles is 1. The van der Waals surface area contributed by atoms with E-state index in [1.165, 1.54) is 10.5 Å². The first-order valence-corrected chi connectivity index (χ1v) is 5.88. The van der Waals surface area contributed by atoms with Crippen molar-refractivity contribution in [3.8, 4) is 6.07 Å². The van der Waals surface area contributed by atoms with Gasteiger partial charge in [0, 0.05) is 10.6 Å². The molecule has 1 rings (SSSR count). The zero-order valence-electron chi connectivity index (χ0n) is 9.37. The highest BCUT2D eigenvalue weighted by Gasteiger charge is 2.20. The van der Waals surface area contributed by atoms with Crippen LogP contribution in [0.1, 0.15) is 12.5 Å². The summed E-state index contributed by atoms with van der Waals surface area (Å²) in [5.41, 5.74) is 0.803. The molecule has 0 aliphatic heterocycles. The summed E-state index contributed by atoms with van der Waals surface area (Å²) in [6, 6.07) is 10.6. The Kier molecular flexibility index (Phi) is 4.19. The van der Waals surface area contributed by atoms with Gasteiger partial charge in [-0.3, -0.25) is 0 Å². The van der Waals surface area contributed by atoms with Gasteiger partial charge in [0.25, 0.3) is 0 Å². The van der Waals surface area contributed by atoms with Crippen molar-refractivity contribution in [1.82, 2.24) is 5.32 Å². The molecular weight excluding hydrogens is 204 g/mol. The van der Waals surface area contributed by atoms with Gasteiger partial charge in [-0.2, -0.15) is 5.26 Å². The van der Waals surface area contributed by atoms with Crippen LogP contribution in [0.5, 0.6) is 0 Å². The molecule has 0 radical (unpaired) electrons. The van der Waals surface area contributed by atoms with Gasteiger partial charge in [-0.05, 0) is 33.0 Å². The minimum atomic E-state index is -0.450. The topological polar surface area (TPSA) is 35.8 Å². The molecule has 0 bridgehead atoms. The van der Waals surface area contributed by atoms with Gasteiger partial charge in [0.15, 0.2) is 0 Å². The summed E-state index contributed by atoms with van der Waals surface area (Å²) in [4.78, 5) is 1.21. The Bertz CT molecular complexity index is 370. The molecule has 1 aromatic carbocycles. The van der Waals surface area contributed by atoms with Crippen LogP contribution in [0.25, 0.3) is 0 Å². The largest absolute Gasteiger partial charge is 0.302 e. The second kappa shape index (κ2) is 5.20. The fourth-order valence-corrected chi connectivity index (χ4v) is 2.20. The van der Waals surface area contributed by atoms with Gasteiger partial charge < -0.3 is 5.32 Å². The summed E-state index contributed by atoms with van der Waals surface area (Å²) >= 11 is 1.71. The zero-order chi connectivity index (χ0) is 11.3. The van der Waals surface area contributed by atoms with E-state index in [1.807, 2.05) is 20.0 Å². The van der Waals surface area contributed by atoms with Gasteiger partial charge in [-0.25, -0.2) is 0 Å². The van der Waals surface area contributed by atoms with Crippen molar-refractivity contribution in [3.63, 3.8) is 0 Å². The number of benzene rings is 1. The molecule has 1 N–H and O–H groups in total. The van der Waals surface area contributed by atoms with Crippen molar-refractivity contribution < 1.29 is 0 Å². The van der Waals surface area contributed by atoms with Crippen molar-refractivity contribution in [1.29, 1.82) is 5.26 Å². The molecule has 0 fully saturated rings. The quantitative estimate of drug-likeness (QED) is 0.792. The SMILES string of the molecule is CNC(C)(C#N)CSc1cccc(C)c1. The fourth-order valence-electron chi connectivity index (χ4n) is 1.09. The Hall–Kier alpha value is -0.980. The lowest BCUT2D eigenvalue weighted by Crippen LogP contribution is -2.40. The first-order valence-electron chi connectivity index (χ1n) is 4.89. The average Bonchev–Trinajstić information content (AvgIpc) is 2.26. The molecule has 3 heteroatoms. The van der Waals surface area contributed by atoms with Crippen LogP contribution in [-0.4, -0.2) is 18.3 Å². The predicted molar refractivity (Wildman–Crippen MR) is 65.0 cm³/mol. The standard InChI is InChI=1S/C12H16N2S/c1-10-5-4-6-11(7-10)15-9-12(2,8-13)14-3/h4-7,14H,9H2,1-3H3. The number of thioether (sulfide) groups is 1. The van der Waals surface area contributed by atoms with Gasteiger partial charge in [0.2, 0.25) is 0 Å². The molecule has 0 saturated heterocycles. The predicted octanol–water partition coefficient (Wildman–Crippen LogP) is 2.59. The van der Waals surface area contributed by atoms with Crippen LogP contribution in [0.4, 0.5) is 0 Å². The molecule has 1 unspecified atom stereocenters. The smallest absolute Gasteiger partial charge is 0.113 e. The summed E-state index contributed by atoms with van der Waals surface area (Å²) < 4.78 is 0. The van der Waals surface area contributed by atoms with Crippen LogP contribution in [0.3, 0.4) is 0 Å². The van der Waals surface area contributed by atoms with Gasteiger partial charge in [0.1, 0.15) is 5.54 Å². The maximum atomic E-state index is 8.99. The monoisotopic (exact) mass is 220 g/mol. The maximum absolute atomic E-state index is 8.99. The van der Waals surface area contributed by atoms with E-state index < -0.39 is 5.54 Å². The molecule has 1 atom stereocenters. The highest BCUT2D eigenvalue weighted by Crippen LogP contribution is 2.22. The highest BCUT2D eigenvalue weighted by atomic mass is 32.2. The Labute approximate surface area is 95.7 Å². The second-order valence-corrected chi connectivity index (χ2v) is 4.85. The van der Waals surface area contributed by atoms with E-state index in [9.17, 15) is 0 Å². The number of hydrogen-bond donors (Lipinski definition) is 1. The Morgan fingerprint density at radius 2 is 2.27 bits per heavy atom. The molecule has 80 valence electrons. The van der Waals surface area contributed by atoms with Crippen molar-refractivity contribution >= 4 is 11.8 Å². The average molecular weight is 220 g/mol. The van der Waals surface area contributed by atoms with Crippen LogP contribution in [0.2, 0.25) is 0 Å². The van der Waals surface area contributed by atoms with Crippen molar-refractivity contribution in [2.45, 2.75) is 24.3 Å². The van der Waals surface area contributed by atoms with Gasteiger partial charge >= 0.3 is 0 Å².